The van der Waals surface area contributed by atoms with Crippen LogP contribution in [0.15, 0.2) is 48.6 Å². The summed E-state index contributed by atoms with van der Waals surface area (Å²) < 4.78 is 5.53. The first-order valence-electron chi connectivity index (χ1n) is 12.1. The molecule has 0 bridgehead atoms. The van der Waals surface area contributed by atoms with Gasteiger partial charge in [0, 0.05) is 30.3 Å². The lowest BCUT2D eigenvalue weighted by Crippen LogP contribution is -2.25. The number of carbonyl (C=O) groups is 1. The van der Waals surface area contributed by atoms with Gasteiger partial charge < -0.3 is 30.2 Å². The molecule has 0 radical (unpaired) electrons. The molecule has 1 aliphatic carbocycles. The molecule has 11 heteroatoms. The summed E-state index contributed by atoms with van der Waals surface area (Å²) in [5.74, 6) is -0.0511. The Morgan fingerprint density at radius 2 is 2.08 bits per heavy atom. The fourth-order valence-electron chi connectivity index (χ4n) is 4.04. The van der Waals surface area contributed by atoms with Crippen LogP contribution in [0.4, 0.5) is 0 Å². The lowest BCUT2D eigenvalue weighted by atomic mass is 9.89. The van der Waals surface area contributed by atoms with Crippen molar-refractivity contribution in [1.82, 2.24) is 5.32 Å². The van der Waals surface area contributed by atoms with Gasteiger partial charge in [0.25, 0.3) is 5.09 Å². The average Bonchev–Trinajstić information content (AvgIpc) is 3.10. The molecule has 200 valence electrons. The third-order valence-corrected chi connectivity index (χ3v) is 6.11. The number of hydrogen-bond donors (Lipinski definition) is 4. The quantitative estimate of drug-likeness (QED) is 0.111. The number of nitrogens with one attached hydrogen (secondary N) is 1. The Bertz CT molecular complexity index is 881. The lowest BCUT2D eigenvalue weighted by Gasteiger charge is -2.19. The largest absolute Gasteiger partial charge is 0.491 e. The highest BCUT2D eigenvalue weighted by Crippen LogP contribution is 2.36. The SMILES string of the molecule is O=C(CCC/C=C\C[C@@H]1[C@@H](/C=C/[C@@H](O)COc2cccc(Cl)c2)[C@H](O)C[C@@H]1O)NCCCO[N+](=O)[O-]. The number of benzene rings is 1. The van der Waals surface area contributed by atoms with E-state index < -0.39 is 23.4 Å². The van der Waals surface area contributed by atoms with Crippen molar-refractivity contribution < 1.29 is 34.8 Å². The van der Waals surface area contributed by atoms with Crippen molar-refractivity contribution in [2.75, 3.05) is 19.8 Å². The molecule has 0 saturated heterocycles. The van der Waals surface area contributed by atoms with Crippen molar-refractivity contribution in [3.63, 3.8) is 0 Å². The van der Waals surface area contributed by atoms with Crippen molar-refractivity contribution in [2.45, 2.75) is 56.8 Å². The molecule has 1 amide bonds. The summed E-state index contributed by atoms with van der Waals surface area (Å²) in [5.41, 5.74) is 0. The number of carbonyl (C=O) groups excluding carboxylic acids is 1. The molecule has 1 aliphatic rings. The van der Waals surface area contributed by atoms with Crippen LogP contribution >= 0.6 is 11.6 Å². The van der Waals surface area contributed by atoms with Crippen LogP contribution in [0.25, 0.3) is 0 Å². The minimum absolute atomic E-state index is 0.0347. The third kappa shape index (κ3) is 11.4. The highest BCUT2D eigenvalue weighted by molar-refractivity contribution is 6.30. The number of rotatable bonds is 16. The number of allylic oxidation sites excluding steroid dienone is 2. The van der Waals surface area contributed by atoms with Crippen LogP contribution < -0.4 is 10.1 Å². The van der Waals surface area contributed by atoms with Gasteiger partial charge in [-0.3, -0.25) is 4.79 Å². The zero-order chi connectivity index (χ0) is 26.3. The van der Waals surface area contributed by atoms with E-state index in [0.717, 1.165) is 0 Å². The van der Waals surface area contributed by atoms with Gasteiger partial charge in [-0.05, 0) is 49.8 Å². The Balaban J connectivity index is 1.68. The zero-order valence-corrected chi connectivity index (χ0v) is 20.8. The summed E-state index contributed by atoms with van der Waals surface area (Å²) in [6, 6.07) is 6.88. The molecule has 0 aliphatic heterocycles. The summed E-state index contributed by atoms with van der Waals surface area (Å²) in [4.78, 5) is 26.0. The van der Waals surface area contributed by atoms with Crippen molar-refractivity contribution in [3.8, 4) is 5.75 Å². The van der Waals surface area contributed by atoms with E-state index >= 15 is 0 Å². The summed E-state index contributed by atoms with van der Waals surface area (Å²) in [7, 11) is 0. The maximum absolute atomic E-state index is 11.8. The first-order valence-corrected chi connectivity index (χ1v) is 12.4. The number of unbranched alkanes of at least 4 members (excludes halogenated alkanes) is 1. The highest BCUT2D eigenvalue weighted by Gasteiger charge is 2.39. The standard InChI is InChI=1S/C25H35ClN2O8/c26-18-7-5-8-20(15-18)35-17-19(29)11-12-22-21(23(30)16-24(22)31)9-3-1-2-4-10-25(32)27-13-6-14-36-28(33)34/h1,3,5,7-8,11-12,15,19,21-24,29-31H,2,4,6,9-10,13-14,16-17H2,(H,27,32)/b3-1-,12-11+/t19-,21-,22-,23+,24-/m1/s1. The van der Waals surface area contributed by atoms with Gasteiger partial charge in [-0.1, -0.05) is 42.0 Å². The molecule has 10 nitrogen and oxygen atoms in total. The number of hydrogen-bond acceptors (Lipinski definition) is 8. The summed E-state index contributed by atoms with van der Waals surface area (Å²) in [6.45, 7) is 0.303. The monoisotopic (exact) mass is 526 g/mol. The molecule has 0 spiro atoms. The minimum atomic E-state index is -0.878. The van der Waals surface area contributed by atoms with E-state index in [9.17, 15) is 30.2 Å². The molecular weight excluding hydrogens is 492 g/mol. The molecule has 1 saturated carbocycles. The number of nitrogens with zero attached hydrogens (tertiary/aromatic N) is 1. The Kier molecular flexibility index (Phi) is 13.3. The van der Waals surface area contributed by atoms with Crippen LogP contribution in [-0.4, -0.2) is 64.4 Å². The van der Waals surface area contributed by atoms with Gasteiger partial charge in [-0.25, -0.2) is 0 Å². The Morgan fingerprint density at radius 3 is 2.83 bits per heavy atom. The molecule has 0 unspecified atom stereocenters. The topological polar surface area (TPSA) is 151 Å². The van der Waals surface area contributed by atoms with Crippen LogP contribution in [0.5, 0.6) is 5.75 Å². The summed E-state index contributed by atoms with van der Waals surface area (Å²) in [6.07, 6.45) is 7.85. The summed E-state index contributed by atoms with van der Waals surface area (Å²) in [5, 5.41) is 43.4. The van der Waals surface area contributed by atoms with Crippen LogP contribution in [0.2, 0.25) is 5.02 Å². The van der Waals surface area contributed by atoms with E-state index in [-0.39, 0.29) is 37.4 Å². The van der Waals surface area contributed by atoms with E-state index in [1.807, 2.05) is 12.2 Å². The molecule has 0 heterocycles. The van der Waals surface area contributed by atoms with Crippen molar-refractivity contribution in [2.24, 2.45) is 11.8 Å². The number of ether oxygens (including phenoxy) is 1. The fraction of sp³-hybridized carbons (Fsp3) is 0.560. The second-order valence-electron chi connectivity index (χ2n) is 8.69. The van der Waals surface area contributed by atoms with Gasteiger partial charge in [0.1, 0.15) is 18.5 Å². The van der Waals surface area contributed by atoms with Crippen LogP contribution in [0, 0.1) is 22.0 Å². The smallest absolute Gasteiger partial charge is 0.294 e. The van der Waals surface area contributed by atoms with Crippen LogP contribution in [0.3, 0.4) is 0 Å². The van der Waals surface area contributed by atoms with Gasteiger partial charge in [0.2, 0.25) is 5.91 Å². The zero-order valence-electron chi connectivity index (χ0n) is 20.1. The van der Waals surface area contributed by atoms with Crippen molar-refractivity contribution in [1.29, 1.82) is 0 Å². The van der Waals surface area contributed by atoms with E-state index in [4.69, 9.17) is 16.3 Å². The maximum atomic E-state index is 11.8. The molecule has 0 aromatic heterocycles. The predicted octanol–water partition coefficient (Wildman–Crippen LogP) is 2.83. The van der Waals surface area contributed by atoms with E-state index in [1.165, 1.54) is 0 Å². The number of amides is 1. The van der Waals surface area contributed by atoms with Crippen LogP contribution in [-0.2, 0) is 9.63 Å². The second-order valence-corrected chi connectivity index (χ2v) is 9.13. The van der Waals surface area contributed by atoms with Crippen molar-refractivity contribution >= 4 is 17.5 Å². The Morgan fingerprint density at radius 1 is 1.28 bits per heavy atom. The molecule has 1 aromatic rings. The van der Waals surface area contributed by atoms with Gasteiger partial charge in [-0.2, -0.15) is 0 Å². The molecule has 5 atom stereocenters. The first kappa shape index (κ1) is 29.6. The number of aliphatic hydroxyl groups excluding tert-OH is 3. The molecule has 2 rings (SSSR count). The van der Waals surface area contributed by atoms with Gasteiger partial charge in [-0.15, -0.1) is 10.1 Å². The fourth-order valence-corrected chi connectivity index (χ4v) is 4.22. The van der Waals surface area contributed by atoms with Crippen molar-refractivity contribution in [3.05, 3.63) is 63.7 Å². The van der Waals surface area contributed by atoms with E-state index in [1.54, 1.807) is 36.4 Å². The molecule has 1 aromatic carbocycles. The molecule has 36 heavy (non-hydrogen) atoms. The normalized spacial score (nSPS) is 22.7. The van der Waals surface area contributed by atoms with Gasteiger partial charge in [0.05, 0.1) is 18.8 Å². The number of aliphatic hydroxyl groups is 3. The average molecular weight is 527 g/mol. The van der Waals surface area contributed by atoms with Gasteiger partial charge in [0.15, 0.2) is 0 Å². The molecule has 4 N–H and O–H groups in total. The Hall–Kier alpha value is -2.66. The van der Waals surface area contributed by atoms with Crippen LogP contribution in [0.1, 0.15) is 38.5 Å². The third-order valence-electron chi connectivity index (χ3n) is 5.88. The maximum Gasteiger partial charge on any atom is 0.294 e. The minimum Gasteiger partial charge on any atom is -0.491 e. The molecular formula is C25H35ClN2O8. The van der Waals surface area contributed by atoms with E-state index in [2.05, 4.69) is 10.2 Å². The summed E-state index contributed by atoms with van der Waals surface area (Å²) >= 11 is 5.92. The second kappa shape index (κ2) is 16.2. The number of halogens is 1. The van der Waals surface area contributed by atoms with E-state index in [0.29, 0.717) is 49.4 Å². The Labute approximate surface area is 215 Å². The first-order chi connectivity index (χ1) is 17.3. The highest BCUT2D eigenvalue weighted by atomic mass is 35.5. The van der Waals surface area contributed by atoms with Gasteiger partial charge >= 0.3 is 0 Å². The predicted molar refractivity (Wildman–Crippen MR) is 134 cm³/mol. The molecule has 1 fully saturated rings. The lowest BCUT2D eigenvalue weighted by molar-refractivity contribution is -0.757.